The third-order valence-electron chi connectivity index (χ3n) is 2.54. The van der Waals surface area contributed by atoms with Crippen LogP contribution in [0.3, 0.4) is 0 Å². The van der Waals surface area contributed by atoms with Crippen molar-refractivity contribution in [1.29, 1.82) is 0 Å². The van der Waals surface area contributed by atoms with Crippen molar-refractivity contribution in [2.45, 2.75) is 18.6 Å². The quantitative estimate of drug-likeness (QED) is 0.848. The second-order valence-electron chi connectivity index (χ2n) is 3.85. The van der Waals surface area contributed by atoms with Crippen LogP contribution in [0.25, 0.3) is 0 Å². The topological polar surface area (TPSA) is 57.0 Å². The number of nitrogens with zero attached hydrogens (tertiary/aromatic N) is 3. The molecule has 1 aromatic heterocycles. The van der Waals surface area contributed by atoms with Gasteiger partial charge in [-0.2, -0.15) is 0 Å². The molecule has 5 nitrogen and oxygen atoms in total. The van der Waals surface area contributed by atoms with Gasteiger partial charge in [0, 0.05) is 16.8 Å². The van der Waals surface area contributed by atoms with E-state index >= 15 is 0 Å². The van der Waals surface area contributed by atoms with Crippen LogP contribution < -0.4 is 4.74 Å². The highest BCUT2D eigenvalue weighted by molar-refractivity contribution is 7.84. The van der Waals surface area contributed by atoms with Crippen LogP contribution in [0, 0.1) is 0 Å². The third kappa shape index (κ3) is 3.13. The highest BCUT2D eigenvalue weighted by atomic mass is 35.5. The van der Waals surface area contributed by atoms with Crippen LogP contribution in [0.2, 0.25) is 5.02 Å². The van der Waals surface area contributed by atoms with Gasteiger partial charge in [0.05, 0.1) is 24.0 Å². The average Bonchev–Trinajstić information content (AvgIpc) is 2.82. The maximum absolute atomic E-state index is 11.5. The van der Waals surface area contributed by atoms with Crippen LogP contribution in [-0.4, -0.2) is 31.8 Å². The fourth-order valence-electron chi connectivity index (χ4n) is 1.73. The predicted octanol–water partition coefficient (Wildman–Crippen LogP) is 2.12. The van der Waals surface area contributed by atoms with Gasteiger partial charge in [0.15, 0.2) is 0 Å². The largest absolute Gasteiger partial charge is 0.493 e. The molecule has 1 atom stereocenters. The molecule has 102 valence electrons. The number of hydrogen-bond donors (Lipinski definition) is 0. The Balaban J connectivity index is 2.37. The smallest absolute Gasteiger partial charge is 0.221 e. The van der Waals surface area contributed by atoms with Gasteiger partial charge in [-0.3, -0.25) is 4.21 Å². The van der Waals surface area contributed by atoms with Crippen molar-refractivity contribution in [3.63, 3.8) is 0 Å². The zero-order valence-corrected chi connectivity index (χ0v) is 12.2. The number of aromatic nitrogens is 3. The molecule has 0 fully saturated rings. The Morgan fingerprint density at radius 1 is 1.47 bits per heavy atom. The Bertz CT molecular complexity index is 600. The van der Waals surface area contributed by atoms with Crippen molar-refractivity contribution in [3.8, 4) is 5.75 Å². The van der Waals surface area contributed by atoms with E-state index in [1.165, 1.54) is 6.33 Å². The van der Waals surface area contributed by atoms with E-state index in [1.54, 1.807) is 16.9 Å². The second-order valence-corrected chi connectivity index (χ2v) is 5.53. The van der Waals surface area contributed by atoms with E-state index in [0.717, 1.165) is 11.3 Å². The minimum Gasteiger partial charge on any atom is -0.493 e. The highest BCUT2D eigenvalue weighted by Gasteiger charge is 2.13. The molecule has 0 aliphatic heterocycles. The van der Waals surface area contributed by atoms with Gasteiger partial charge < -0.3 is 9.30 Å². The Hall–Kier alpha value is -1.40. The monoisotopic (exact) mass is 299 g/mol. The average molecular weight is 300 g/mol. The van der Waals surface area contributed by atoms with E-state index in [2.05, 4.69) is 10.2 Å². The first-order valence-electron chi connectivity index (χ1n) is 5.75. The SMILES string of the molecule is CCOc1cccc(Cl)c1Cn1cnnc1[S@](C)=O. The molecule has 7 heteroatoms. The predicted molar refractivity (Wildman–Crippen MR) is 74.1 cm³/mol. The molecule has 0 radical (unpaired) electrons. The Labute approximate surface area is 119 Å². The van der Waals surface area contributed by atoms with E-state index in [9.17, 15) is 4.21 Å². The summed E-state index contributed by atoms with van der Waals surface area (Å²) in [5.74, 6) is 0.719. The Morgan fingerprint density at radius 3 is 2.95 bits per heavy atom. The number of rotatable bonds is 5. The van der Waals surface area contributed by atoms with E-state index in [0.29, 0.717) is 23.3 Å². The molecule has 0 N–H and O–H groups in total. The van der Waals surface area contributed by atoms with Crippen molar-refractivity contribution in [3.05, 3.63) is 35.1 Å². The minimum atomic E-state index is -1.19. The summed E-state index contributed by atoms with van der Waals surface area (Å²) in [6.07, 6.45) is 3.10. The van der Waals surface area contributed by atoms with Crippen molar-refractivity contribution in [2.24, 2.45) is 0 Å². The normalized spacial score (nSPS) is 12.4. The first-order chi connectivity index (χ1) is 9.13. The van der Waals surface area contributed by atoms with Gasteiger partial charge in [0.2, 0.25) is 5.16 Å². The van der Waals surface area contributed by atoms with Gasteiger partial charge in [-0.1, -0.05) is 17.7 Å². The summed E-state index contributed by atoms with van der Waals surface area (Å²) in [7, 11) is -1.19. The molecule has 2 rings (SSSR count). The molecule has 1 heterocycles. The van der Waals surface area contributed by atoms with Gasteiger partial charge in [0.25, 0.3) is 0 Å². The van der Waals surface area contributed by atoms with Gasteiger partial charge >= 0.3 is 0 Å². The van der Waals surface area contributed by atoms with E-state index in [4.69, 9.17) is 16.3 Å². The summed E-state index contributed by atoms with van der Waals surface area (Å²) < 4.78 is 18.8. The Morgan fingerprint density at radius 2 is 2.26 bits per heavy atom. The molecule has 0 bridgehead atoms. The zero-order valence-electron chi connectivity index (χ0n) is 10.7. The lowest BCUT2D eigenvalue weighted by Crippen LogP contribution is -2.07. The van der Waals surface area contributed by atoms with Crippen molar-refractivity contribution in [1.82, 2.24) is 14.8 Å². The van der Waals surface area contributed by atoms with E-state index in [-0.39, 0.29) is 0 Å². The molecule has 0 aliphatic carbocycles. The molecule has 0 saturated carbocycles. The molecule has 0 unspecified atom stereocenters. The van der Waals surface area contributed by atoms with Crippen LogP contribution >= 0.6 is 11.6 Å². The number of hydrogen-bond acceptors (Lipinski definition) is 4. The van der Waals surface area contributed by atoms with Crippen LogP contribution in [0.5, 0.6) is 5.75 Å². The molecule has 0 saturated heterocycles. The molecule has 19 heavy (non-hydrogen) atoms. The lowest BCUT2D eigenvalue weighted by atomic mass is 10.2. The summed E-state index contributed by atoms with van der Waals surface area (Å²) in [6.45, 7) is 2.90. The third-order valence-corrected chi connectivity index (χ3v) is 3.73. The Kier molecular flexibility index (Phi) is 4.55. The summed E-state index contributed by atoms with van der Waals surface area (Å²) in [6, 6.07) is 5.49. The van der Waals surface area contributed by atoms with Crippen LogP contribution in [0.15, 0.2) is 29.7 Å². The maximum Gasteiger partial charge on any atom is 0.221 e. The molecular formula is C12H14ClN3O2S. The van der Waals surface area contributed by atoms with Gasteiger partial charge in [-0.15, -0.1) is 10.2 Å². The van der Waals surface area contributed by atoms with Crippen molar-refractivity contribution >= 4 is 22.4 Å². The second kappa shape index (κ2) is 6.16. The zero-order chi connectivity index (χ0) is 13.8. The number of ether oxygens (including phenoxy) is 1. The highest BCUT2D eigenvalue weighted by Crippen LogP contribution is 2.27. The molecule has 2 aromatic rings. The van der Waals surface area contributed by atoms with Gasteiger partial charge in [0.1, 0.15) is 12.1 Å². The van der Waals surface area contributed by atoms with E-state index in [1.807, 2.05) is 19.1 Å². The van der Waals surface area contributed by atoms with E-state index < -0.39 is 10.8 Å². The summed E-state index contributed by atoms with van der Waals surface area (Å²) >= 11 is 6.20. The molecule has 0 amide bonds. The fourth-order valence-corrected chi connectivity index (χ4v) is 2.56. The lowest BCUT2D eigenvalue weighted by molar-refractivity contribution is 0.335. The lowest BCUT2D eigenvalue weighted by Gasteiger charge is -2.12. The number of benzene rings is 1. The van der Waals surface area contributed by atoms with Crippen LogP contribution in [0.1, 0.15) is 12.5 Å². The fraction of sp³-hybridized carbons (Fsp3) is 0.333. The molecular weight excluding hydrogens is 286 g/mol. The van der Waals surface area contributed by atoms with Gasteiger partial charge in [-0.25, -0.2) is 0 Å². The first-order valence-corrected chi connectivity index (χ1v) is 7.68. The summed E-state index contributed by atoms with van der Waals surface area (Å²) in [4.78, 5) is 0. The maximum atomic E-state index is 11.5. The number of halogens is 1. The standard InChI is InChI=1S/C12H14ClN3O2S/c1-3-18-11-6-4-5-10(13)9(11)7-16-8-14-15-12(16)19(2)17/h4-6,8H,3,7H2,1-2H3/t19-/m0/s1. The van der Waals surface area contributed by atoms with Crippen LogP contribution in [-0.2, 0) is 17.3 Å². The molecule has 0 aliphatic rings. The summed E-state index contributed by atoms with van der Waals surface area (Å²) in [5.41, 5.74) is 0.831. The summed E-state index contributed by atoms with van der Waals surface area (Å²) in [5, 5.41) is 8.65. The molecule has 0 spiro atoms. The van der Waals surface area contributed by atoms with Crippen LogP contribution in [0.4, 0.5) is 0 Å². The van der Waals surface area contributed by atoms with Crippen molar-refractivity contribution in [2.75, 3.05) is 12.9 Å². The molecule has 1 aromatic carbocycles. The van der Waals surface area contributed by atoms with Crippen molar-refractivity contribution < 1.29 is 8.95 Å². The first kappa shape index (κ1) is 14.0. The van der Waals surface area contributed by atoms with Gasteiger partial charge in [-0.05, 0) is 19.1 Å². The minimum absolute atomic E-state index is 0.419.